The Labute approximate surface area is 95.6 Å². The van der Waals surface area contributed by atoms with Gasteiger partial charge < -0.3 is 15.0 Å². The minimum Gasteiger partial charge on any atom is -0.382 e. The number of likely N-dealkylation sites (N-methyl/N-ethyl adjacent to an activating group) is 1. The number of anilines is 2. The van der Waals surface area contributed by atoms with Crippen LogP contribution in [0.5, 0.6) is 0 Å². The predicted molar refractivity (Wildman–Crippen MR) is 63.8 cm³/mol. The number of ether oxygens (including phenoxy) is 1. The van der Waals surface area contributed by atoms with E-state index >= 15 is 0 Å². The predicted octanol–water partition coefficient (Wildman–Crippen LogP) is 1.35. The Kier molecular flexibility index (Phi) is 2.44. The molecule has 2 unspecified atom stereocenters. The quantitative estimate of drug-likeness (QED) is 0.773. The fourth-order valence-electron chi connectivity index (χ4n) is 2.67. The van der Waals surface area contributed by atoms with Crippen molar-refractivity contribution in [2.45, 2.75) is 13.0 Å². The number of hydrogen-bond acceptors (Lipinski definition) is 4. The second-order valence-electron chi connectivity index (χ2n) is 4.41. The summed E-state index contributed by atoms with van der Waals surface area (Å²) in [5.74, 6) is 1.65. The molecule has 4 heteroatoms. The highest BCUT2D eigenvalue weighted by atomic mass is 16.5. The van der Waals surface area contributed by atoms with Crippen LogP contribution < -0.4 is 10.2 Å². The van der Waals surface area contributed by atoms with Crippen LogP contribution in [-0.4, -0.2) is 37.3 Å². The fraction of sp³-hybridized carbons (Fsp3) is 0.583. The molecule has 4 nitrogen and oxygen atoms in total. The van der Waals surface area contributed by atoms with Gasteiger partial charge in [-0.1, -0.05) is 0 Å². The average Bonchev–Trinajstić information content (AvgIpc) is 2.72. The summed E-state index contributed by atoms with van der Waals surface area (Å²) in [6, 6.07) is 4.57. The second-order valence-corrected chi connectivity index (χ2v) is 4.41. The standard InChI is InChI=1S/C12H17N3O/c1-2-15-11-8-16-7-9(11)6-14-10-4-3-5-13-12(10)15/h3-5,9,11,14H,2,6-8H2,1H3. The van der Waals surface area contributed by atoms with Crippen LogP contribution in [0.2, 0.25) is 0 Å². The van der Waals surface area contributed by atoms with Crippen molar-refractivity contribution in [1.82, 2.24) is 4.98 Å². The minimum atomic E-state index is 0.480. The lowest BCUT2D eigenvalue weighted by molar-refractivity contribution is 0.185. The normalized spacial score (nSPS) is 27.9. The van der Waals surface area contributed by atoms with Gasteiger partial charge in [-0.25, -0.2) is 4.98 Å². The van der Waals surface area contributed by atoms with Crippen LogP contribution in [0.25, 0.3) is 0 Å². The molecule has 1 fully saturated rings. The van der Waals surface area contributed by atoms with Crippen LogP contribution in [-0.2, 0) is 4.74 Å². The van der Waals surface area contributed by atoms with Crippen LogP contribution >= 0.6 is 0 Å². The molecule has 1 N–H and O–H groups in total. The zero-order chi connectivity index (χ0) is 11.0. The van der Waals surface area contributed by atoms with Gasteiger partial charge in [-0.2, -0.15) is 0 Å². The Morgan fingerprint density at radius 3 is 3.38 bits per heavy atom. The van der Waals surface area contributed by atoms with Gasteiger partial charge in [-0.3, -0.25) is 0 Å². The SMILES string of the molecule is CCN1c2ncccc2NCC2COCC21. The number of rotatable bonds is 1. The molecular weight excluding hydrogens is 202 g/mol. The molecule has 2 aliphatic rings. The molecule has 0 radical (unpaired) electrons. The van der Waals surface area contributed by atoms with Crippen molar-refractivity contribution < 1.29 is 4.74 Å². The molecule has 16 heavy (non-hydrogen) atoms. The monoisotopic (exact) mass is 219 g/mol. The first kappa shape index (κ1) is 9.90. The molecular formula is C12H17N3O. The summed E-state index contributed by atoms with van der Waals surface area (Å²) in [6.45, 7) is 5.84. The first-order valence-corrected chi connectivity index (χ1v) is 5.93. The van der Waals surface area contributed by atoms with E-state index in [1.807, 2.05) is 12.3 Å². The number of hydrogen-bond donors (Lipinski definition) is 1. The van der Waals surface area contributed by atoms with E-state index in [1.165, 1.54) is 0 Å². The van der Waals surface area contributed by atoms with Crippen molar-refractivity contribution in [2.75, 3.05) is 36.5 Å². The molecule has 3 heterocycles. The van der Waals surface area contributed by atoms with Crippen LogP contribution in [0, 0.1) is 5.92 Å². The molecule has 1 saturated heterocycles. The van der Waals surface area contributed by atoms with E-state index in [9.17, 15) is 0 Å². The summed E-state index contributed by atoms with van der Waals surface area (Å²) in [6.07, 6.45) is 1.86. The molecule has 0 amide bonds. The van der Waals surface area contributed by atoms with Gasteiger partial charge in [0.05, 0.1) is 24.9 Å². The smallest absolute Gasteiger partial charge is 0.152 e. The van der Waals surface area contributed by atoms with E-state index in [4.69, 9.17) is 4.74 Å². The van der Waals surface area contributed by atoms with E-state index in [-0.39, 0.29) is 0 Å². The summed E-state index contributed by atoms with van der Waals surface area (Å²) in [4.78, 5) is 6.87. The van der Waals surface area contributed by atoms with Crippen molar-refractivity contribution >= 4 is 11.5 Å². The van der Waals surface area contributed by atoms with Gasteiger partial charge in [0.2, 0.25) is 0 Å². The van der Waals surface area contributed by atoms with Gasteiger partial charge in [0.1, 0.15) is 0 Å². The lowest BCUT2D eigenvalue weighted by atomic mass is 10.0. The third-order valence-corrected chi connectivity index (χ3v) is 3.52. The Hall–Kier alpha value is -1.29. The average molecular weight is 219 g/mol. The van der Waals surface area contributed by atoms with Crippen LogP contribution in [0.15, 0.2) is 18.3 Å². The zero-order valence-corrected chi connectivity index (χ0v) is 9.52. The number of nitrogens with one attached hydrogen (secondary N) is 1. The topological polar surface area (TPSA) is 37.4 Å². The van der Waals surface area contributed by atoms with Crippen LogP contribution in [0.4, 0.5) is 11.5 Å². The van der Waals surface area contributed by atoms with E-state index < -0.39 is 0 Å². The van der Waals surface area contributed by atoms with Gasteiger partial charge in [0, 0.05) is 25.2 Å². The number of nitrogens with zero attached hydrogens (tertiary/aromatic N) is 2. The molecule has 1 aromatic rings. The minimum absolute atomic E-state index is 0.480. The van der Waals surface area contributed by atoms with Crippen molar-refractivity contribution in [3.63, 3.8) is 0 Å². The Bertz CT molecular complexity index is 382. The van der Waals surface area contributed by atoms with E-state index in [0.717, 1.165) is 37.8 Å². The van der Waals surface area contributed by atoms with Crippen molar-refractivity contribution in [1.29, 1.82) is 0 Å². The van der Waals surface area contributed by atoms with E-state index in [2.05, 4.69) is 28.2 Å². The first-order valence-electron chi connectivity index (χ1n) is 5.93. The van der Waals surface area contributed by atoms with Crippen molar-refractivity contribution in [3.05, 3.63) is 18.3 Å². The van der Waals surface area contributed by atoms with E-state index in [0.29, 0.717) is 12.0 Å². The van der Waals surface area contributed by atoms with E-state index in [1.54, 1.807) is 0 Å². The summed E-state index contributed by atoms with van der Waals surface area (Å²) < 4.78 is 5.58. The Morgan fingerprint density at radius 1 is 1.56 bits per heavy atom. The third kappa shape index (κ3) is 1.45. The molecule has 0 saturated carbocycles. The van der Waals surface area contributed by atoms with Gasteiger partial charge in [0.25, 0.3) is 0 Å². The molecule has 0 bridgehead atoms. The molecule has 2 aliphatic heterocycles. The summed E-state index contributed by atoms with van der Waals surface area (Å²) >= 11 is 0. The second kappa shape index (κ2) is 3.94. The molecule has 0 aliphatic carbocycles. The Balaban J connectivity index is 2.01. The largest absolute Gasteiger partial charge is 0.382 e. The summed E-state index contributed by atoms with van der Waals surface area (Å²) in [5.41, 5.74) is 1.15. The van der Waals surface area contributed by atoms with Crippen molar-refractivity contribution in [2.24, 2.45) is 5.92 Å². The first-order chi connectivity index (χ1) is 7.90. The third-order valence-electron chi connectivity index (χ3n) is 3.52. The van der Waals surface area contributed by atoms with Gasteiger partial charge in [0.15, 0.2) is 5.82 Å². The summed E-state index contributed by atoms with van der Waals surface area (Å²) in [5, 5.41) is 3.48. The zero-order valence-electron chi connectivity index (χ0n) is 9.52. The maximum atomic E-state index is 5.58. The molecule has 1 aromatic heterocycles. The Morgan fingerprint density at radius 2 is 2.50 bits per heavy atom. The number of aromatic nitrogens is 1. The molecule has 2 atom stereocenters. The van der Waals surface area contributed by atoms with Crippen LogP contribution in [0.3, 0.4) is 0 Å². The molecule has 0 aromatic carbocycles. The molecule has 3 rings (SSSR count). The molecule has 0 spiro atoms. The number of fused-ring (bicyclic) bond motifs is 2. The van der Waals surface area contributed by atoms with Gasteiger partial charge in [-0.05, 0) is 19.1 Å². The van der Waals surface area contributed by atoms with Gasteiger partial charge in [-0.15, -0.1) is 0 Å². The lowest BCUT2D eigenvalue weighted by Gasteiger charge is -2.29. The maximum absolute atomic E-state index is 5.58. The fourth-order valence-corrected chi connectivity index (χ4v) is 2.67. The highest BCUT2D eigenvalue weighted by molar-refractivity contribution is 5.67. The van der Waals surface area contributed by atoms with Crippen molar-refractivity contribution in [3.8, 4) is 0 Å². The number of pyridine rings is 1. The lowest BCUT2D eigenvalue weighted by Crippen LogP contribution is -2.41. The highest BCUT2D eigenvalue weighted by Gasteiger charge is 2.36. The summed E-state index contributed by atoms with van der Waals surface area (Å²) in [7, 11) is 0. The maximum Gasteiger partial charge on any atom is 0.152 e. The molecule has 86 valence electrons. The highest BCUT2D eigenvalue weighted by Crippen LogP contribution is 2.32. The van der Waals surface area contributed by atoms with Gasteiger partial charge >= 0.3 is 0 Å². The van der Waals surface area contributed by atoms with Crippen LogP contribution in [0.1, 0.15) is 6.92 Å².